The van der Waals surface area contributed by atoms with Crippen molar-refractivity contribution in [1.82, 2.24) is 9.97 Å². The summed E-state index contributed by atoms with van der Waals surface area (Å²) >= 11 is 7.61. The topological polar surface area (TPSA) is 29.0 Å². The van der Waals surface area contributed by atoms with Gasteiger partial charge >= 0.3 is 0 Å². The molecule has 15 heavy (non-hydrogen) atoms. The van der Waals surface area contributed by atoms with Crippen LogP contribution in [-0.2, 0) is 0 Å². The van der Waals surface area contributed by atoms with Gasteiger partial charge in [0, 0.05) is 19.3 Å². The summed E-state index contributed by atoms with van der Waals surface area (Å²) in [6, 6.07) is 2.34. The molecule has 0 aliphatic carbocycles. The zero-order valence-electron chi connectivity index (χ0n) is 9.27. The van der Waals surface area contributed by atoms with Gasteiger partial charge in [-0.05, 0) is 43.0 Å². The highest BCUT2D eigenvalue weighted by Crippen LogP contribution is 2.15. The quantitative estimate of drug-likeness (QED) is 0.746. The van der Waals surface area contributed by atoms with E-state index >= 15 is 0 Å². The Kier molecular flexibility index (Phi) is 5.19. The number of thioether (sulfide) groups is 1. The molecule has 0 saturated heterocycles. The first-order valence-corrected chi connectivity index (χ1v) is 6.62. The highest BCUT2D eigenvalue weighted by Gasteiger charge is 2.10. The van der Waals surface area contributed by atoms with E-state index in [4.69, 9.17) is 11.6 Å². The molecule has 0 N–H and O–H groups in total. The smallest absolute Gasteiger partial charge is 0.224 e. The van der Waals surface area contributed by atoms with E-state index in [-0.39, 0.29) is 0 Å². The van der Waals surface area contributed by atoms with Crippen LogP contribution in [0.15, 0.2) is 12.3 Å². The molecule has 0 aromatic carbocycles. The molecule has 1 aromatic rings. The van der Waals surface area contributed by atoms with E-state index in [1.165, 1.54) is 0 Å². The molecule has 0 radical (unpaired) electrons. The summed E-state index contributed by atoms with van der Waals surface area (Å²) in [4.78, 5) is 10.2. The van der Waals surface area contributed by atoms with Crippen LogP contribution in [-0.4, -0.2) is 35.1 Å². The van der Waals surface area contributed by atoms with Crippen LogP contribution in [0.5, 0.6) is 0 Å². The van der Waals surface area contributed by atoms with E-state index in [0.29, 0.717) is 11.3 Å². The van der Waals surface area contributed by atoms with Gasteiger partial charge in [0.05, 0.1) is 0 Å². The number of aromatic nitrogens is 2. The van der Waals surface area contributed by atoms with E-state index < -0.39 is 0 Å². The number of halogens is 1. The first kappa shape index (κ1) is 12.6. The standard InChI is InChI=1S/C10H16ClN3S/c1-8(5-7-15-3)14(2)9-4-6-12-10(11)13-9/h4,6,8H,5,7H2,1-3H3. The molecule has 0 spiro atoms. The van der Waals surface area contributed by atoms with Crippen molar-refractivity contribution >= 4 is 29.2 Å². The highest BCUT2D eigenvalue weighted by atomic mass is 35.5. The summed E-state index contributed by atoms with van der Waals surface area (Å²) in [6.45, 7) is 2.19. The lowest BCUT2D eigenvalue weighted by atomic mass is 10.2. The molecule has 84 valence electrons. The maximum atomic E-state index is 5.74. The van der Waals surface area contributed by atoms with Gasteiger partial charge in [-0.1, -0.05) is 0 Å². The Morgan fingerprint density at radius 2 is 2.33 bits per heavy atom. The van der Waals surface area contributed by atoms with Gasteiger partial charge in [0.25, 0.3) is 0 Å². The molecule has 1 heterocycles. The van der Waals surface area contributed by atoms with Crippen molar-refractivity contribution in [2.45, 2.75) is 19.4 Å². The first-order valence-electron chi connectivity index (χ1n) is 4.85. The monoisotopic (exact) mass is 245 g/mol. The van der Waals surface area contributed by atoms with Crippen LogP contribution in [0.1, 0.15) is 13.3 Å². The van der Waals surface area contributed by atoms with Crippen molar-refractivity contribution < 1.29 is 0 Å². The van der Waals surface area contributed by atoms with E-state index in [1.54, 1.807) is 6.20 Å². The van der Waals surface area contributed by atoms with E-state index in [2.05, 4.69) is 28.0 Å². The van der Waals surface area contributed by atoms with Gasteiger partial charge in [0.15, 0.2) is 0 Å². The zero-order chi connectivity index (χ0) is 11.3. The number of rotatable bonds is 5. The lowest BCUT2D eigenvalue weighted by molar-refractivity contribution is 0.661. The fraction of sp³-hybridized carbons (Fsp3) is 0.600. The Morgan fingerprint density at radius 1 is 1.60 bits per heavy atom. The van der Waals surface area contributed by atoms with Gasteiger partial charge in [-0.2, -0.15) is 11.8 Å². The van der Waals surface area contributed by atoms with Gasteiger partial charge < -0.3 is 4.90 Å². The van der Waals surface area contributed by atoms with Crippen molar-refractivity contribution in [2.24, 2.45) is 0 Å². The average molecular weight is 246 g/mol. The number of anilines is 1. The summed E-state index contributed by atoms with van der Waals surface area (Å²) in [7, 11) is 2.03. The molecule has 1 rings (SSSR count). The molecule has 5 heteroatoms. The molecule has 3 nitrogen and oxygen atoms in total. The lowest BCUT2D eigenvalue weighted by Gasteiger charge is -2.25. The molecule has 0 aliphatic rings. The minimum Gasteiger partial charge on any atom is -0.357 e. The summed E-state index contributed by atoms with van der Waals surface area (Å²) in [5, 5.41) is 0.302. The zero-order valence-corrected chi connectivity index (χ0v) is 10.8. The maximum Gasteiger partial charge on any atom is 0.224 e. The third-order valence-corrected chi connectivity index (χ3v) is 3.20. The molecule has 0 amide bonds. The first-order chi connectivity index (χ1) is 7.15. The Balaban J connectivity index is 2.62. The lowest BCUT2D eigenvalue weighted by Crippen LogP contribution is -2.30. The minimum absolute atomic E-state index is 0.302. The molecule has 0 saturated carbocycles. The minimum atomic E-state index is 0.302. The van der Waals surface area contributed by atoms with Crippen LogP contribution in [0.4, 0.5) is 5.82 Å². The van der Waals surface area contributed by atoms with Gasteiger partial charge in [-0.15, -0.1) is 0 Å². The van der Waals surface area contributed by atoms with Crippen LogP contribution in [0.2, 0.25) is 5.28 Å². The molecule has 1 aromatic heterocycles. The summed E-state index contributed by atoms with van der Waals surface area (Å²) in [5.41, 5.74) is 0. The third-order valence-electron chi connectivity index (χ3n) is 2.37. The van der Waals surface area contributed by atoms with E-state index in [1.807, 2.05) is 24.9 Å². The molecule has 1 unspecified atom stereocenters. The maximum absolute atomic E-state index is 5.74. The molecular weight excluding hydrogens is 230 g/mol. The predicted molar refractivity (Wildman–Crippen MR) is 67.9 cm³/mol. The summed E-state index contributed by atoms with van der Waals surface area (Å²) in [5.74, 6) is 2.04. The van der Waals surface area contributed by atoms with Crippen LogP contribution >= 0.6 is 23.4 Å². The van der Waals surface area contributed by atoms with Gasteiger partial charge in [-0.3, -0.25) is 0 Å². The Morgan fingerprint density at radius 3 is 2.93 bits per heavy atom. The second-order valence-corrected chi connectivity index (χ2v) is 4.75. The molecule has 1 atom stereocenters. The van der Waals surface area contributed by atoms with Crippen LogP contribution < -0.4 is 4.90 Å². The van der Waals surface area contributed by atoms with Crippen molar-refractivity contribution in [3.05, 3.63) is 17.5 Å². The number of hydrogen-bond acceptors (Lipinski definition) is 4. The van der Waals surface area contributed by atoms with Gasteiger partial charge in [-0.25, -0.2) is 9.97 Å². The van der Waals surface area contributed by atoms with Crippen LogP contribution in [0.3, 0.4) is 0 Å². The molecule has 0 bridgehead atoms. The van der Waals surface area contributed by atoms with E-state index in [9.17, 15) is 0 Å². The summed E-state index contributed by atoms with van der Waals surface area (Å²) < 4.78 is 0. The largest absolute Gasteiger partial charge is 0.357 e. The second kappa shape index (κ2) is 6.18. The highest BCUT2D eigenvalue weighted by molar-refractivity contribution is 7.98. The van der Waals surface area contributed by atoms with Crippen molar-refractivity contribution in [3.8, 4) is 0 Å². The van der Waals surface area contributed by atoms with Crippen LogP contribution in [0, 0.1) is 0 Å². The van der Waals surface area contributed by atoms with E-state index in [0.717, 1.165) is 18.0 Å². The second-order valence-electron chi connectivity index (χ2n) is 3.43. The molecule has 0 fully saturated rings. The van der Waals surface area contributed by atoms with Crippen molar-refractivity contribution in [3.63, 3.8) is 0 Å². The Hall–Kier alpha value is -0.480. The Bertz CT molecular complexity index is 308. The third kappa shape index (κ3) is 3.87. The normalized spacial score (nSPS) is 12.5. The van der Waals surface area contributed by atoms with Gasteiger partial charge in [0.1, 0.15) is 5.82 Å². The Labute approximate surface area is 100 Å². The van der Waals surface area contributed by atoms with Crippen molar-refractivity contribution in [2.75, 3.05) is 24.0 Å². The SMILES string of the molecule is CSCCC(C)N(C)c1ccnc(Cl)n1. The number of hydrogen-bond donors (Lipinski definition) is 0. The molecular formula is C10H16ClN3S. The fourth-order valence-corrected chi connectivity index (χ4v) is 1.95. The number of nitrogens with zero attached hydrogens (tertiary/aromatic N) is 3. The van der Waals surface area contributed by atoms with Gasteiger partial charge in [0.2, 0.25) is 5.28 Å². The van der Waals surface area contributed by atoms with Crippen LogP contribution in [0.25, 0.3) is 0 Å². The van der Waals surface area contributed by atoms with Crippen molar-refractivity contribution in [1.29, 1.82) is 0 Å². The fourth-order valence-electron chi connectivity index (χ4n) is 1.23. The average Bonchev–Trinajstić information content (AvgIpc) is 2.24. The molecule has 0 aliphatic heterocycles. The summed E-state index contributed by atoms with van der Waals surface area (Å²) in [6.07, 6.45) is 4.94. The predicted octanol–water partition coefficient (Wildman–Crippen LogP) is 2.71.